The molecular formula is C19H24N4O3. The number of anilines is 1. The second-order valence-corrected chi connectivity index (χ2v) is 6.69. The third kappa shape index (κ3) is 4.09. The summed E-state index contributed by atoms with van der Waals surface area (Å²) in [4.78, 5) is 26.7. The molecule has 1 atom stereocenters. The quantitative estimate of drug-likeness (QED) is 0.889. The van der Waals surface area contributed by atoms with Crippen molar-refractivity contribution in [2.24, 2.45) is 5.92 Å². The molecule has 1 saturated heterocycles. The van der Waals surface area contributed by atoms with Gasteiger partial charge >= 0.3 is 0 Å². The Morgan fingerprint density at radius 3 is 2.96 bits per heavy atom. The summed E-state index contributed by atoms with van der Waals surface area (Å²) >= 11 is 0. The molecule has 7 heteroatoms. The molecule has 1 aromatic heterocycles. The van der Waals surface area contributed by atoms with Crippen LogP contribution in [0.15, 0.2) is 29.0 Å². The lowest BCUT2D eigenvalue weighted by Crippen LogP contribution is -2.43. The van der Waals surface area contributed by atoms with Crippen LogP contribution in [0.1, 0.15) is 38.2 Å². The van der Waals surface area contributed by atoms with Crippen LogP contribution in [0.3, 0.4) is 0 Å². The Hall–Kier alpha value is -2.70. The molecule has 1 unspecified atom stereocenters. The Kier molecular flexibility index (Phi) is 5.65. The van der Waals surface area contributed by atoms with Gasteiger partial charge < -0.3 is 14.6 Å². The predicted molar refractivity (Wildman–Crippen MR) is 97.3 cm³/mol. The zero-order chi connectivity index (χ0) is 18.5. The van der Waals surface area contributed by atoms with Crippen LogP contribution < -0.4 is 5.32 Å². The summed E-state index contributed by atoms with van der Waals surface area (Å²) in [5, 5.41) is 10.6. The van der Waals surface area contributed by atoms with Crippen molar-refractivity contribution in [3.63, 3.8) is 0 Å². The number of carbonyl (C=O) groups is 2. The fourth-order valence-electron chi connectivity index (χ4n) is 3.21. The highest BCUT2D eigenvalue weighted by atomic mass is 16.4. The first-order chi connectivity index (χ1) is 12.6. The molecule has 0 radical (unpaired) electrons. The summed E-state index contributed by atoms with van der Waals surface area (Å²) in [5.74, 6) is 0.315. The maximum atomic E-state index is 12.7. The zero-order valence-electron chi connectivity index (χ0n) is 15.2. The number of nitrogens with zero attached hydrogens (tertiary/aromatic N) is 3. The number of hydrogen-bond donors (Lipinski definition) is 1. The van der Waals surface area contributed by atoms with E-state index in [1.54, 1.807) is 0 Å². The van der Waals surface area contributed by atoms with Gasteiger partial charge in [-0.25, -0.2) is 0 Å². The van der Waals surface area contributed by atoms with Gasteiger partial charge in [-0.2, -0.15) is 0 Å². The van der Waals surface area contributed by atoms with E-state index in [4.69, 9.17) is 4.42 Å². The van der Waals surface area contributed by atoms with Gasteiger partial charge in [-0.05, 0) is 43.9 Å². The number of aryl methyl sites for hydroxylation is 1. The Balaban J connectivity index is 1.69. The molecule has 1 aromatic carbocycles. The summed E-state index contributed by atoms with van der Waals surface area (Å²) in [6.45, 7) is 5.16. The van der Waals surface area contributed by atoms with Gasteiger partial charge in [0.05, 0.1) is 5.92 Å². The third-order valence-electron chi connectivity index (χ3n) is 4.71. The summed E-state index contributed by atoms with van der Waals surface area (Å²) in [6, 6.07) is 5.63. The molecule has 2 amide bonds. The number of piperidine rings is 1. The summed E-state index contributed by atoms with van der Waals surface area (Å²) < 4.78 is 5.22. The molecular weight excluding hydrogens is 332 g/mol. The molecule has 138 valence electrons. The normalized spacial score (nSPS) is 17.2. The molecule has 0 saturated carbocycles. The van der Waals surface area contributed by atoms with E-state index in [-0.39, 0.29) is 17.7 Å². The smallest absolute Gasteiger partial charge is 0.247 e. The summed E-state index contributed by atoms with van der Waals surface area (Å²) in [7, 11) is 0. The highest BCUT2D eigenvalue weighted by molar-refractivity contribution is 5.94. The molecule has 2 heterocycles. The van der Waals surface area contributed by atoms with E-state index < -0.39 is 0 Å². The first-order valence-electron chi connectivity index (χ1n) is 9.04. The molecule has 26 heavy (non-hydrogen) atoms. The van der Waals surface area contributed by atoms with Crippen LogP contribution in [0.4, 0.5) is 5.69 Å². The highest BCUT2D eigenvalue weighted by Crippen LogP contribution is 2.25. The topological polar surface area (TPSA) is 88.3 Å². The molecule has 1 aliphatic rings. The van der Waals surface area contributed by atoms with Crippen molar-refractivity contribution in [2.45, 2.75) is 39.5 Å². The Morgan fingerprint density at radius 2 is 2.23 bits per heavy atom. The zero-order valence-corrected chi connectivity index (χ0v) is 15.2. The predicted octanol–water partition coefficient (Wildman–Crippen LogP) is 3.02. The van der Waals surface area contributed by atoms with Crippen molar-refractivity contribution in [3.8, 4) is 11.5 Å². The first-order valence-corrected chi connectivity index (χ1v) is 9.04. The van der Waals surface area contributed by atoms with E-state index >= 15 is 0 Å². The molecule has 0 bridgehead atoms. The molecule has 1 aliphatic heterocycles. The number of hydrogen-bond acceptors (Lipinski definition) is 5. The molecule has 0 aliphatic carbocycles. The van der Waals surface area contributed by atoms with Gasteiger partial charge in [0.1, 0.15) is 0 Å². The van der Waals surface area contributed by atoms with Gasteiger partial charge in [-0.1, -0.05) is 13.0 Å². The molecule has 0 spiro atoms. The van der Waals surface area contributed by atoms with Crippen LogP contribution >= 0.6 is 0 Å². The number of amides is 2. The van der Waals surface area contributed by atoms with Crippen LogP contribution in [-0.2, 0) is 9.59 Å². The molecule has 2 aromatic rings. The van der Waals surface area contributed by atoms with Gasteiger partial charge in [0, 0.05) is 30.8 Å². The highest BCUT2D eigenvalue weighted by Gasteiger charge is 2.28. The number of carbonyl (C=O) groups excluding carboxylic acids is 2. The van der Waals surface area contributed by atoms with Crippen LogP contribution in [0.5, 0.6) is 0 Å². The number of benzene rings is 1. The second-order valence-electron chi connectivity index (χ2n) is 6.69. The van der Waals surface area contributed by atoms with Crippen LogP contribution in [0, 0.1) is 12.8 Å². The van der Waals surface area contributed by atoms with Gasteiger partial charge in [0.25, 0.3) is 0 Å². The number of nitrogens with one attached hydrogen (secondary N) is 1. The fraction of sp³-hybridized carbons (Fsp3) is 0.474. The van der Waals surface area contributed by atoms with Gasteiger partial charge in [-0.15, -0.1) is 10.2 Å². The van der Waals surface area contributed by atoms with Crippen molar-refractivity contribution in [1.29, 1.82) is 0 Å². The van der Waals surface area contributed by atoms with Gasteiger partial charge in [-0.3, -0.25) is 9.59 Å². The number of rotatable bonds is 5. The van der Waals surface area contributed by atoms with E-state index in [0.717, 1.165) is 42.6 Å². The van der Waals surface area contributed by atoms with Crippen molar-refractivity contribution in [3.05, 3.63) is 30.2 Å². The van der Waals surface area contributed by atoms with E-state index in [1.165, 1.54) is 6.39 Å². The van der Waals surface area contributed by atoms with E-state index in [9.17, 15) is 9.59 Å². The maximum Gasteiger partial charge on any atom is 0.247 e. The minimum Gasteiger partial charge on any atom is -0.423 e. The average Bonchev–Trinajstić information content (AvgIpc) is 3.18. The largest absolute Gasteiger partial charge is 0.423 e. The van der Waals surface area contributed by atoms with Crippen molar-refractivity contribution in [2.75, 3.05) is 18.4 Å². The minimum atomic E-state index is -0.184. The monoisotopic (exact) mass is 356 g/mol. The lowest BCUT2D eigenvalue weighted by atomic mass is 9.96. The van der Waals surface area contributed by atoms with Crippen LogP contribution in [0.25, 0.3) is 11.5 Å². The van der Waals surface area contributed by atoms with E-state index in [1.807, 2.05) is 36.9 Å². The molecule has 7 nitrogen and oxygen atoms in total. The summed E-state index contributed by atoms with van der Waals surface area (Å²) in [5.41, 5.74) is 2.44. The Morgan fingerprint density at radius 1 is 1.38 bits per heavy atom. The van der Waals surface area contributed by atoms with Gasteiger partial charge in [0.15, 0.2) is 0 Å². The lowest BCUT2D eigenvalue weighted by Gasteiger charge is -2.32. The SMILES string of the molecule is CCCC(=O)N1CCCC(C(=O)Nc2cc(-c3nnco3)ccc2C)C1. The lowest BCUT2D eigenvalue weighted by molar-refractivity contribution is -0.134. The third-order valence-corrected chi connectivity index (χ3v) is 4.71. The van der Waals surface area contributed by atoms with E-state index in [2.05, 4.69) is 15.5 Å². The Labute approximate surface area is 152 Å². The van der Waals surface area contributed by atoms with Gasteiger partial charge in [0.2, 0.25) is 24.1 Å². The van der Waals surface area contributed by atoms with E-state index in [0.29, 0.717) is 18.9 Å². The fourth-order valence-corrected chi connectivity index (χ4v) is 3.21. The maximum absolute atomic E-state index is 12.7. The first kappa shape index (κ1) is 18.1. The standard InChI is InChI=1S/C19H24N4O3/c1-3-5-17(24)23-9-4-6-15(11-23)18(25)21-16-10-14(8-7-13(16)2)19-22-20-12-26-19/h7-8,10,12,15H,3-6,9,11H2,1-2H3,(H,21,25). The number of likely N-dealkylation sites (tertiary alicyclic amines) is 1. The minimum absolute atomic E-state index is 0.0511. The Bertz CT molecular complexity index is 773. The van der Waals surface area contributed by atoms with Crippen molar-refractivity contribution >= 4 is 17.5 Å². The van der Waals surface area contributed by atoms with Crippen LogP contribution in [0.2, 0.25) is 0 Å². The molecule has 1 N–H and O–H groups in total. The van der Waals surface area contributed by atoms with Crippen molar-refractivity contribution in [1.82, 2.24) is 15.1 Å². The summed E-state index contributed by atoms with van der Waals surface area (Å²) in [6.07, 6.45) is 4.30. The second kappa shape index (κ2) is 8.12. The van der Waals surface area contributed by atoms with Crippen LogP contribution in [-0.4, -0.2) is 40.0 Å². The number of aromatic nitrogens is 2. The average molecular weight is 356 g/mol. The van der Waals surface area contributed by atoms with Crippen molar-refractivity contribution < 1.29 is 14.0 Å². The molecule has 3 rings (SSSR count). The molecule has 1 fully saturated rings.